The first kappa shape index (κ1) is 17.2. The van der Waals surface area contributed by atoms with Crippen molar-refractivity contribution in [2.75, 3.05) is 13.1 Å². The number of nitrogens with zero attached hydrogens (tertiary/aromatic N) is 1. The Balaban J connectivity index is 1.79. The molecule has 3 atom stereocenters. The van der Waals surface area contributed by atoms with Gasteiger partial charge in [-0.3, -0.25) is 4.90 Å². The van der Waals surface area contributed by atoms with Crippen LogP contribution in [0.2, 0.25) is 0 Å². The van der Waals surface area contributed by atoms with Crippen LogP contribution in [-0.4, -0.2) is 34.2 Å². The lowest BCUT2D eigenvalue weighted by Crippen LogP contribution is -2.43. The number of aliphatic hydroxyl groups is 2. The lowest BCUT2D eigenvalue weighted by atomic mass is 9.92. The first-order valence-electron chi connectivity index (χ1n) is 8.96. The fraction of sp³-hybridized carbons (Fsp3) is 0.429. The van der Waals surface area contributed by atoms with E-state index in [1.165, 1.54) is 19.3 Å². The van der Waals surface area contributed by atoms with E-state index in [9.17, 15) is 10.2 Å². The summed E-state index contributed by atoms with van der Waals surface area (Å²) in [6.45, 7) is 1.99. The van der Waals surface area contributed by atoms with E-state index in [0.717, 1.165) is 24.2 Å². The van der Waals surface area contributed by atoms with Crippen LogP contribution in [0.25, 0.3) is 0 Å². The predicted molar refractivity (Wildman–Crippen MR) is 96.6 cm³/mol. The van der Waals surface area contributed by atoms with Crippen molar-refractivity contribution in [3.05, 3.63) is 71.8 Å². The third-order valence-corrected chi connectivity index (χ3v) is 5.01. The maximum absolute atomic E-state index is 11.0. The van der Waals surface area contributed by atoms with Crippen LogP contribution in [0.4, 0.5) is 0 Å². The smallest absolute Gasteiger partial charge is 0.0946 e. The average Bonchev–Trinajstić information content (AvgIpc) is 2.67. The molecule has 2 N–H and O–H groups in total. The highest BCUT2D eigenvalue weighted by Gasteiger charge is 2.30. The third-order valence-electron chi connectivity index (χ3n) is 5.01. The Morgan fingerprint density at radius 1 is 0.750 bits per heavy atom. The van der Waals surface area contributed by atoms with Gasteiger partial charge in [0.25, 0.3) is 0 Å². The van der Waals surface area contributed by atoms with Gasteiger partial charge in [-0.2, -0.15) is 0 Å². The average molecular weight is 325 g/mol. The Hall–Kier alpha value is -1.68. The summed E-state index contributed by atoms with van der Waals surface area (Å²) in [4.78, 5) is 2.35. The van der Waals surface area contributed by atoms with Gasteiger partial charge >= 0.3 is 0 Å². The van der Waals surface area contributed by atoms with Crippen molar-refractivity contribution in [1.82, 2.24) is 4.90 Å². The van der Waals surface area contributed by atoms with Gasteiger partial charge in [0.05, 0.1) is 12.2 Å². The van der Waals surface area contributed by atoms with E-state index < -0.39 is 12.2 Å². The van der Waals surface area contributed by atoms with Crippen LogP contribution in [0.3, 0.4) is 0 Å². The largest absolute Gasteiger partial charge is 0.388 e. The maximum atomic E-state index is 11.0. The van der Waals surface area contributed by atoms with E-state index in [2.05, 4.69) is 4.90 Å². The molecular weight excluding hydrogens is 298 g/mol. The minimum Gasteiger partial charge on any atom is -0.388 e. The van der Waals surface area contributed by atoms with E-state index in [1.54, 1.807) is 0 Å². The number of hydrogen-bond donors (Lipinski definition) is 2. The van der Waals surface area contributed by atoms with Crippen molar-refractivity contribution in [3.63, 3.8) is 0 Å². The summed E-state index contributed by atoms with van der Waals surface area (Å²) in [5.74, 6) is 0. The molecule has 128 valence electrons. The molecule has 3 heteroatoms. The molecule has 3 nitrogen and oxygen atoms in total. The molecule has 0 amide bonds. The zero-order valence-corrected chi connectivity index (χ0v) is 14.1. The lowest BCUT2D eigenvalue weighted by molar-refractivity contribution is 0.00589. The van der Waals surface area contributed by atoms with Crippen LogP contribution >= 0.6 is 0 Å². The van der Waals surface area contributed by atoms with Gasteiger partial charge in [-0.15, -0.1) is 0 Å². The molecule has 1 aliphatic rings. The van der Waals surface area contributed by atoms with Gasteiger partial charge in [-0.1, -0.05) is 67.1 Å². The van der Waals surface area contributed by atoms with Crippen molar-refractivity contribution in [2.24, 2.45) is 0 Å². The first-order chi connectivity index (χ1) is 11.8. The molecule has 0 saturated carbocycles. The molecule has 0 bridgehead atoms. The molecule has 2 aromatic carbocycles. The zero-order chi connectivity index (χ0) is 16.8. The fourth-order valence-corrected chi connectivity index (χ4v) is 3.64. The van der Waals surface area contributed by atoms with E-state index >= 15 is 0 Å². The number of piperidine rings is 1. The normalized spacial score (nSPS) is 19.6. The topological polar surface area (TPSA) is 43.7 Å². The van der Waals surface area contributed by atoms with Crippen molar-refractivity contribution in [3.8, 4) is 0 Å². The molecule has 0 spiro atoms. The Labute approximate surface area is 144 Å². The van der Waals surface area contributed by atoms with E-state index in [-0.39, 0.29) is 6.04 Å². The summed E-state index contributed by atoms with van der Waals surface area (Å²) in [6, 6.07) is 19.5. The van der Waals surface area contributed by atoms with Gasteiger partial charge in [0.1, 0.15) is 0 Å². The molecule has 1 saturated heterocycles. The van der Waals surface area contributed by atoms with E-state index in [1.807, 2.05) is 60.7 Å². The zero-order valence-electron chi connectivity index (χ0n) is 14.1. The monoisotopic (exact) mass is 325 g/mol. The molecule has 1 aliphatic heterocycles. The molecule has 3 rings (SSSR count). The van der Waals surface area contributed by atoms with Gasteiger partial charge in [0, 0.05) is 6.04 Å². The van der Waals surface area contributed by atoms with Crippen LogP contribution in [0.5, 0.6) is 0 Å². The number of benzene rings is 2. The molecule has 2 aromatic rings. The molecule has 0 aliphatic carbocycles. The van der Waals surface area contributed by atoms with Gasteiger partial charge in [0.2, 0.25) is 0 Å². The van der Waals surface area contributed by atoms with Crippen LogP contribution < -0.4 is 0 Å². The molecule has 24 heavy (non-hydrogen) atoms. The lowest BCUT2D eigenvalue weighted by Gasteiger charge is -2.38. The summed E-state index contributed by atoms with van der Waals surface area (Å²) < 4.78 is 0. The van der Waals surface area contributed by atoms with Crippen LogP contribution in [-0.2, 0) is 0 Å². The molecule has 0 radical (unpaired) electrons. The van der Waals surface area contributed by atoms with Gasteiger partial charge < -0.3 is 10.2 Å². The summed E-state index contributed by atoms with van der Waals surface area (Å²) in [5, 5.41) is 21.7. The summed E-state index contributed by atoms with van der Waals surface area (Å²) in [6.07, 6.45) is 2.99. The number of rotatable bonds is 6. The summed E-state index contributed by atoms with van der Waals surface area (Å²) in [7, 11) is 0. The van der Waals surface area contributed by atoms with Crippen molar-refractivity contribution >= 4 is 0 Å². The quantitative estimate of drug-likeness (QED) is 0.851. The third kappa shape index (κ3) is 4.23. The predicted octanol–water partition coefficient (Wildman–Crippen LogP) is 3.70. The number of likely N-dealkylation sites (tertiary alicyclic amines) is 1. The van der Waals surface area contributed by atoms with E-state index in [4.69, 9.17) is 0 Å². The van der Waals surface area contributed by atoms with Crippen molar-refractivity contribution < 1.29 is 10.2 Å². The second-order valence-electron chi connectivity index (χ2n) is 6.68. The summed E-state index contributed by atoms with van der Waals surface area (Å²) in [5.41, 5.74) is 1.84. The number of aliphatic hydroxyl groups excluding tert-OH is 2. The van der Waals surface area contributed by atoms with Crippen molar-refractivity contribution in [1.29, 1.82) is 0 Å². The van der Waals surface area contributed by atoms with Gasteiger partial charge in [-0.25, -0.2) is 0 Å². The molecular formula is C21H27NO2. The van der Waals surface area contributed by atoms with Gasteiger partial charge in [0.15, 0.2) is 0 Å². The highest BCUT2D eigenvalue weighted by molar-refractivity contribution is 5.21. The second kappa shape index (κ2) is 8.43. The second-order valence-corrected chi connectivity index (χ2v) is 6.68. The SMILES string of the molecule is OC(CC(C(O)c1ccccc1)N1CCCCC1)c1ccccc1. The highest BCUT2D eigenvalue weighted by Crippen LogP contribution is 2.30. The van der Waals surface area contributed by atoms with Crippen LogP contribution in [0.1, 0.15) is 49.0 Å². The molecule has 1 fully saturated rings. The minimum absolute atomic E-state index is 0.0668. The van der Waals surface area contributed by atoms with Crippen molar-refractivity contribution in [2.45, 2.75) is 43.9 Å². The number of hydrogen-bond acceptors (Lipinski definition) is 3. The summed E-state index contributed by atoms with van der Waals surface area (Å²) >= 11 is 0. The fourth-order valence-electron chi connectivity index (χ4n) is 3.64. The van der Waals surface area contributed by atoms with E-state index in [0.29, 0.717) is 6.42 Å². The minimum atomic E-state index is -0.581. The molecule has 0 aromatic heterocycles. The maximum Gasteiger partial charge on any atom is 0.0946 e. The Morgan fingerprint density at radius 3 is 1.88 bits per heavy atom. The first-order valence-corrected chi connectivity index (χ1v) is 8.96. The Bertz CT molecular complexity index is 596. The van der Waals surface area contributed by atoms with Crippen LogP contribution in [0, 0.1) is 0 Å². The Morgan fingerprint density at radius 2 is 1.29 bits per heavy atom. The van der Waals surface area contributed by atoms with Gasteiger partial charge in [-0.05, 0) is 43.5 Å². The Kier molecular flexibility index (Phi) is 6.02. The molecule has 1 heterocycles. The molecule has 3 unspecified atom stereocenters. The van der Waals surface area contributed by atoms with Crippen LogP contribution in [0.15, 0.2) is 60.7 Å². The highest BCUT2D eigenvalue weighted by atomic mass is 16.3. The standard InChI is InChI=1S/C21H27NO2/c23-20(17-10-4-1-5-11-17)16-19(22-14-8-3-9-15-22)21(24)18-12-6-2-7-13-18/h1-2,4-7,10-13,19-21,23-24H,3,8-9,14-16H2.